The fourth-order valence-corrected chi connectivity index (χ4v) is 2.16. The number of rotatable bonds is 7. The maximum absolute atomic E-state index is 12.4. The van der Waals surface area contributed by atoms with Crippen molar-refractivity contribution in [3.05, 3.63) is 83.9 Å². The van der Waals surface area contributed by atoms with E-state index in [9.17, 15) is 14.4 Å². The van der Waals surface area contributed by atoms with E-state index in [0.717, 1.165) is 17.7 Å². The van der Waals surface area contributed by atoms with Gasteiger partial charge in [-0.05, 0) is 17.7 Å². The van der Waals surface area contributed by atoms with Crippen LogP contribution in [-0.4, -0.2) is 31.6 Å². The topological polar surface area (TPSA) is 81.7 Å². The summed E-state index contributed by atoms with van der Waals surface area (Å²) in [6.45, 7) is -0.0765. The highest BCUT2D eigenvalue weighted by Gasteiger charge is 2.17. The lowest BCUT2D eigenvalue weighted by molar-refractivity contribution is -0.139. The van der Waals surface area contributed by atoms with Crippen LogP contribution in [0, 0.1) is 0 Å². The van der Waals surface area contributed by atoms with Crippen LogP contribution < -0.4 is 5.32 Å². The largest absolute Gasteiger partial charge is 0.466 e. The second-order valence-electron chi connectivity index (χ2n) is 5.29. The summed E-state index contributed by atoms with van der Waals surface area (Å²) in [5.74, 6) is -1.63. The Morgan fingerprint density at radius 2 is 1.50 bits per heavy atom. The first-order valence-electron chi connectivity index (χ1n) is 7.94. The Morgan fingerprint density at radius 1 is 0.923 bits per heavy atom. The van der Waals surface area contributed by atoms with Gasteiger partial charge in [-0.2, -0.15) is 0 Å². The molecular weight excluding hydrogens is 334 g/mol. The molecule has 2 aromatic carbocycles. The van der Waals surface area contributed by atoms with Gasteiger partial charge in [0, 0.05) is 17.7 Å². The fraction of sp³-hybridized carbons (Fsp3) is 0.150. The zero-order chi connectivity index (χ0) is 18.8. The van der Waals surface area contributed by atoms with E-state index >= 15 is 0 Å². The number of carbonyl (C=O) groups excluding carboxylic acids is 3. The zero-order valence-corrected chi connectivity index (χ0v) is 14.3. The summed E-state index contributed by atoms with van der Waals surface area (Å²) in [4.78, 5) is 35.1. The van der Waals surface area contributed by atoms with E-state index in [0.29, 0.717) is 5.56 Å². The van der Waals surface area contributed by atoms with Crippen LogP contribution in [0.2, 0.25) is 0 Å². The number of esters is 2. The van der Waals surface area contributed by atoms with E-state index in [1.807, 2.05) is 36.4 Å². The average molecular weight is 353 g/mol. The molecule has 0 unspecified atom stereocenters. The van der Waals surface area contributed by atoms with Crippen LogP contribution in [0.25, 0.3) is 0 Å². The van der Waals surface area contributed by atoms with Gasteiger partial charge < -0.3 is 14.8 Å². The Labute approximate surface area is 151 Å². The Bertz CT molecular complexity index is 771. The molecule has 1 N–H and O–H groups in total. The molecule has 0 aliphatic heterocycles. The number of nitrogens with one attached hydrogen (secondary N) is 1. The monoisotopic (exact) mass is 353 g/mol. The summed E-state index contributed by atoms with van der Waals surface area (Å²) in [5, 5.41) is 2.85. The third-order valence-electron chi connectivity index (χ3n) is 3.49. The summed E-state index contributed by atoms with van der Waals surface area (Å²) < 4.78 is 9.55. The quantitative estimate of drug-likeness (QED) is 0.611. The van der Waals surface area contributed by atoms with Crippen LogP contribution in [0.3, 0.4) is 0 Å². The molecule has 2 aromatic rings. The van der Waals surface area contributed by atoms with Gasteiger partial charge in [-0.3, -0.25) is 4.79 Å². The van der Waals surface area contributed by atoms with Crippen molar-refractivity contribution in [1.82, 2.24) is 5.32 Å². The van der Waals surface area contributed by atoms with Gasteiger partial charge in [-0.25, -0.2) is 9.59 Å². The molecular formula is C20H19NO5. The minimum absolute atomic E-state index is 0.0765. The first kappa shape index (κ1) is 18.9. The van der Waals surface area contributed by atoms with Crippen molar-refractivity contribution < 1.29 is 23.9 Å². The first-order chi connectivity index (χ1) is 12.6. The summed E-state index contributed by atoms with van der Waals surface area (Å²) in [6, 6.07) is 17.4. The van der Waals surface area contributed by atoms with Crippen LogP contribution in [0.1, 0.15) is 22.0 Å². The summed E-state index contributed by atoms with van der Waals surface area (Å²) in [6.07, 6.45) is 1.95. The molecule has 0 aromatic heterocycles. The van der Waals surface area contributed by atoms with Crippen molar-refractivity contribution in [3.63, 3.8) is 0 Å². The number of methoxy groups -OCH3 is 1. The average Bonchev–Trinajstić information content (AvgIpc) is 2.70. The summed E-state index contributed by atoms with van der Waals surface area (Å²) in [7, 11) is 1.21. The summed E-state index contributed by atoms with van der Waals surface area (Å²) >= 11 is 0. The molecule has 6 heteroatoms. The van der Waals surface area contributed by atoms with Gasteiger partial charge in [0.1, 0.15) is 6.61 Å². The number of hydrogen-bond acceptors (Lipinski definition) is 5. The second-order valence-corrected chi connectivity index (χ2v) is 5.29. The predicted octanol–water partition coefficient (Wildman–Crippen LogP) is 2.43. The van der Waals surface area contributed by atoms with Crippen molar-refractivity contribution in [2.45, 2.75) is 6.04 Å². The highest BCUT2D eigenvalue weighted by Crippen LogP contribution is 2.14. The molecule has 1 atom stereocenters. The van der Waals surface area contributed by atoms with E-state index < -0.39 is 18.0 Å². The van der Waals surface area contributed by atoms with E-state index in [2.05, 4.69) is 10.1 Å². The number of ether oxygens (including phenoxy) is 2. The SMILES string of the molecule is COC(=O)/C=C/C(=O)OC[C@@H](NC(=O)c1ccccc1)c1ccccc1. The number of benzene rings is 2. The minimum Gasteiger partial charge on any atom is -0.466 e. The van der Waals surface area contributed by atoms with E-state index in [4.69, 9.17) is 4.74 Å². The zero-order valence-electron chi connectivity index (χ0n) is 14.3. The highest BCUT2D eigenvalue weighted by atomic mass is 16.5. The fourth-order valence-electron chi connectivity index (χ4n) is 2.16. The van der Waals surface area contributed by atoms with Crippen LogP contribution in [-0.2, 0) is 19.1 Å². The molecule has 0 saturated heterocycles. The van der Waals surface area contributed by atoms with Crippen molar-refractivity contribution in [2.24, 2.45) is 0 Å². The smallest absolute Gasteiger partial charge is 0.331 e. The molecule has 134 valence electrons. The maximum Gasteiger partial charge on any atom is 0.331 e. The third kappa shape index (κ3) is 5.90. The van der Waals surface area contributed by atoms with Crippen LogP contribution in [0.4, 0.5) is 0 Å². The Balaban J connectivity index is 2.05. The molecule has 0 radical (unpaired) electrons. The number of carbonyl (C=O) groups is 3. The molecule has 26 heavy (non-hydrogen) atoms. The first-order valence-corrected chi connectivity index (χ1v) is 7.94. The lowest BCUT2D eigenvalue weighted by Crippen LogP contribution is -2.32. The van der Waals surface area contributed by atoms with E-state index in [1.54, 1.807) is 24.3 Å². The van der Waals surface area contributed by atoms with Crippen LogP contribution >= 0.6 is 0 Å². The molecule has 0 fully saturated rings. The maximum atomic E-state index is 12.4. The Morgan fingerprint density at radius 3 is 2.12 bits per heavy atom. The molecule has 6 nitrogen and oxygen atoms in total. The third-order valence-corrected chi connectivity index (χ3v) is 3.49. The lowest BCUT2D eigenvalue weighted by atomic mass is 10.1. The van der Waals surface area contributed by atoms with Gasteiger partial charge in [0.25, 0.3) is 5.91 Å². The Hall–Kier alpha value is -3.41. The molecule has 0 aliphatic rings. The van der Waals surface area contributed by atoms with E-state index in [1.165, 1.54) is 7.11 Å². The van der Waals surface area contributed by atoms with Crippen LogP contribution in [0.15, 0.2) is 72.8 Å². The Kier molecular flexibility index (Phi) is 7.12. The van der Waals surface area contributed by atoms with Gasteiger partial charge in [0.05, 0.1) is 13.2 Å². The molecule has 1 amide bonds. The molecule has 0 spiro atoms. The second kappa shape index (κ2) is 9.78. The number of hydrogen-bond donors (Lipinski definition) is 1. The van der Waals surface area contributed by atoms with E-state index in [-0.39, 0.29) is 12.5 Å². The molecule has 0 aliphatic carbocycles. The van der Waals surface area contributed by atoms with Crippen molar-refractivity contribution in [2.75, 3.05) is 13.7 Å². The van der Waals surface area contributed by atoms with Gasteiger partial charge in [-0.15, -0.1) is 0 Å². The minimum atomic E-state index is -0.703. The van der Waals surface area contributed by atoms with Gasteiger partial charge in [0.15, 0.2) is 0 Å². The van der Waals surface area contributed by atoms with Crippen molar-refractivity contribution >= 4 is 17.8 Å². The molecule has 0 heterocycles. The molecule has 0 saturated carbocycles. The van der Waals surface area contributed by atoms with Crippen LogP contribution in [0.5, 0.6) is 0 Å². The van der Waals surface area contributed by atoms with Crippen molar-refractivity contribution in [3.8, 4) is 0 Å². The van der Waals surface area contributed by atoms with Crippen molar-refractivity contribution in [1.29, 1.82) is 0 Å². The summed E-state index contributed by atoms with van der Waals surface area (Å²) in [5.41, 5.74) is 1.30. The van der Waals surface area contributed by atoms with Gasteiger partial charge >= 0.3 is 11.9 Å². The predicted molar refractivity (Wildman–Crippen MR) is 95.2 cm³/mol. The lowest BCUT2D eigenvalue weighted by Gasteiger charge is -2.19. The highest BCUT2D eigenvalue weighted by molar-refractivity contribution is 5.94. The molecule has 2 rings (SSSR count). The normalized spacial score (nSPS) is 11.6. The van der Waals surface area contributed by atoms with Gasteiger partial charge in [-0.1, -0.05) is 48.5 Å². The standard InChI is InChI=1S/C20H19NO5/c1-25-18(22)12-13-19(23)26-14-17(15-8-4-2-5-9-15)21-20(24)16-10-6-3-7-11-16/h2-13,17H,14H2,1H3,(H,21,24)/b13-12+/t17-/m1/s1. The molecule has 0 bridgehead atoms. The van der Waals surface area contributed by atoms with Gasteiger partial charge in [0.2, 0.25) is 0 Å². The number of amides is 1.